The largest absolute Gasteiger partial charge is 0.343 e. The predicted molar refractivity (Wildman–Crippen MR) is 92.7 cm³/mol. The van der Waals surface area contributed by atoms with Gasteiger partial charge >= 0.3 is 0 Å². The summed E-state index contributed by atoms with van der Waals surface area (Å²) in [7, 11) is 0. The Balaban J connectivity index is 1.64. The van der Waals surface area contributed by atoms with E-state index in [2.05, 4.69) is 16.7 Å². The highest BCUT2D eigenvalue weighted by Gasteiger charge is 2.27. The van der Waals surface area contributed by atoms with Gasteiger partial charge in [0.15, 0.2) is 0 Å². The van der Waals surface area contributed by atoms with Crippen molar-refractivity contribution in [3.8, 4) is 11.4 Å². The third-order valence-electron chi connectivity index (χ3n) is 4.37. The van der Waals surface area contributed by atoms with Gasteiger partial charge < -0.3 is 9.42 Å². The van der Waals surface area contributed by atoms with Crippen molar-refractivity contribution in [2.75, 3.05) is 13.1 Å². The lowest BCUT2D eigenvalue weighted by Gasteiger charge is -2.30. The van der Waals surface area contributed by atoms with Gasteiger partial charge in [-0.25, -0.2) is 4.39 Å². The molecule has 0 spiro atoms. The molecule has 0 bridgehead atoms. The van der Waals surface area contributed by atoms with Crippen molar-refractivity contribution >= 4 is 17.5 Å². The zero-order valence-corrected chi connectivity index (χ0v) is 14.5. The standard InChI is InChI=1S/C18H19ClFN3O2/c1-2-3-4-16(24)23-9-7-12(8-10-23)18-21-17(22-25-18)14-6-5-13(19)11-15(14)20/h2,5-6,11-12H,1,3-4,7-10H2. The van der Waals surface area contributed by atoms with Crippen LogP contribution in [0.4, 0.5) is 4.39 Å². The summed E-state index contributed by atoms with van der Waals surface area (Å²) in [6.07, 6.45) is 4.45. The maximum absolute atomic E-state index is 14.0. The summed E-state index contributed by atoms with van der Waals surface area (Å²) in [6, 6.07) is 4.34. The van der Waals surface area contributed by atoms with Gasteiger partial charge in [0.05, 0.1) is 5.56 Å². The van der Waals surface area contributed by atoms with Crippen molar-refractivity contribution < 1.29 is 13.7 Å². The molecule has 1 saturated heterocycles. The van der Waals surface area contributed by atoms with Gasteiger partial charge in [-0.15, -0.1) is 6.58 Å². The Bertz CT molecular complexity index is 769. The van der Waals surface area contributed by atoms with Crippen LogP contribution in [0, 0.1) is 5.82 Å². The first-order chi connectivity index (χ1) is 12.1. The molecule has 0 saturated carbocycles. The number of allylic oxidation sites excluding steroid dienone is 1. The van der Waals surface area contributed by atoms with Crippen LogP contribution in [0.3, 0.4) is 0 Å². The summed E-state index contributed by atoms with van der Waals surface area (Å²) in [4.78, 5) is 18.2. The average Bonchev–Trinajstić information content (AvgIpc) is 3.09. The van der Waals surface area contributed by atoms with Gasteiger partial charge in [-0.1, -0.05) is 22.8 Å². The average molecular weight is 364 g/mol. The van der Waals surface area contributed by atoms with E-state index in [9.17, 15) is 9.18 Å². The zero-order valence-electron chi connectivity index (χ0n) is 13.8. The summed E-state index contributed by atoms with van der Waals surface area (Å²) in [5.74, 6) is 0.451. The highest BCUT2D eigenvalue weighted by atomic mass is 35.5. The quantitative estimate of drug-likeness (QED) is 0.747. The number of benzene rings is 1. The van der Waals surface area contributed by atoms with E-state index in [-0.39, 0.29) is 23.2 Å². The maximum Gasteiger partial charge on any atom is 0.230 e. The molecule has 1 aliphatic rings. The molecule has 132 valence electrons. The highest BCUT2D eigenvalue weighted by Crippen LogP contribution is 2.30. The lowest BCUT2D eigenvalue weighted by molar-refractivity contribution is -0.132. The number of aromatic nitrogens is 2. The van der Waals surface area contributed by atoms with E-state index in [0.29, 0.717) is 36.8 Å². The number of halogens is 2. The highest BCUT2D eigenvalue weighted by molar-refractivity contribution is 6.30. The van der Waals surface area contributed by atoms with E-state index in [1.807, 2.05) is 4.90 Å². The topological polar surface area (TPSA) is 59.2 Å². The predicted octanol–water partition coefficient (Wildman–Crippen LogP) is 4.20. The van der Waals surface area contributed by atoms with Crippen molar-refractivity contribution in [3.05, 3.63) is 47.6 Å². The molecular weight excluding hydrogens is 345 g/mol. The summed E-state index contributed by atoms with van der Waals surface area (Å²) in [6.45, 7) is 4.96. The van der Waals surface area contributed by atoms with Gasteiger partial charge in [0.25, 0.3) is 0 Å². The van der Waals surface area contributed by atoms with Crippen LogP contribution >= 0.6 is 11.6 Å². The van der Waals surface area contributed by atoms with Crippen LogP contribution < -0.4 is 0 Å². The Hall–Kier alpha value is -2.21. The summed E-state index contributed by atoms with van der Waals surface area (Å²) in [5, 5.41) is 4.20. The van der Waals surface area contributed by atoms with Crippen LogP contribution in [0.2, 0.25) is 5.02 Å². The molecule has 2 heterocycles. The Kier molecular flexibility index (Phi) is 5.48. The van der Waals surface area contributed by atoms with E-state index in [0.717, 1.165) is 12.8 Å². The molecule has 3 rings (SSSR count). The lowest BCUT2D eigenvalue weighted by Crippen LogP contribution is -2.37. The van der Waals surface area contributed by atoms with Crippen molar-refractivity contribution in [1.82, 2.24) is 15.0 Å². The molecule has 0 radical (unpaired) electrons. The number of likely N-dealkylation sites (tertiary alicyclic amines) is 1. The van der Waals surface area contributed by atoms with Crippen molar-refractivity contribution in [2.24, 2.45) is 0 Å². The first-order valence-corrected chi connectivity index (χ1v) is 8.64. The number of nitrogens with zero attached hydrogens (tertiary/aromatic N) is 3. The molecule has 1 fully saturated rings. The monoisotopic (exact) mass is 363 g/mol. The number of amides is 1. The molecule has 0 atom stereocenters. The molecular formula is C18H19ClFN3O2. The summed E-state index contributed by atoms with van der Waals surface area (Å²) < 4.78 is 19.3. The molecule has 2 aromatic rings. The summed E-state index contributed by atoms with van der Waals surface area (Å²) in [5.41, 5.74) is 0.261. The zero-order chi connectivity index (χ0) is 17.8. The van der Waals surface area contributed by atoms with Gasteiger partial charge in [-0.05, 0) is 37.5 Å². The number of hydrogen-bond acceptors (Lipinski definition) is 4. The van der Waals surface area contributed by atoms with Crippen LogP contribution in [-0.4, -0.2) is 34.0 Å². The molecule has 1 aromatic carbocycles. The van der Waals surface area contributed by atoms with Gasteiger partial charge in [0.2, 0.25) is 17.6 Å². The molecule has 7 heteroatoms. The van der Waals surface area contributed by atoms with Gasteiger partial charge in [0, 0.05) is 30.5 Å². The Morgan fingerprint density at radius 3 is 2.88 bits per heavy atom. The molecule has 5 nitrogen and oxygen atoms in total. The number of piperidine rings is 1. The molecule has 0 N–H and O–H groups in total. The molecule has 1 aliphatic heterocycles. The van der Waals surface area contributed by atoms with Gasteiger partial charge in [0.1, 0.15) is 5.82 Å². The fourth-order valence-electron chi connectivity index (χ4n) is 2.94. The maximum atomic E-state index is 14.0. The van der Waals surface area contributed by atoms with E-state index in [4.69, 9.17) is 16.1 Å². The van der Waals surface area contributed by atoms with Crippen LogP contribution in [0.25, 0.3) is 11.4 Å². The minimum Gasteiger partial charge on any atom is -0.343 e. The second kappa shape index (κ2) is 7.78. The minimum absolute atomic E-state index is 0.0834. The number of rotatable bonds is 5. The van der Waals surface area contributed by atoms with Crippen molar-refractivity contribution in [3.63, 3.8) is 0 Å². The Labute approximate surface area is 150 Å². The van der Waals surface area contributed by atoms with Gasteiger partial charge in [-0.2, -0.15) is 4.98 Å². The molecule has 0 unspecified atom stereocenters. The van der Waals surface area contributed by atoms with Crippen molar-refractivity contribution in [2.45, 2.75) is 31.6 Å². The van der Waals surface area contributed by atoms with E-state index < -0.39 is 5.82 Å². The van der Waals surface area contributed by atoms with E-state index >= 15 is 0 Å². The summed E-state index contributed by atoms with van der Waals surface area (Å²) >= 11 is 5.76. The van der Waals surface area contributed by atoms with Gasteiger partial charge in [-0.3, -0.25) is 4.79 Å². The first-order valence-electron chi connectivity index (χ1n) is 8.26. The first kappa shape index (κ1) is 17.6. The normalized spacial score (nSPS) is 15.4. The number of hydrogen-bond donors (Lipinski definition) is 0. The van der Waals surface area contributed by atoms with Crippen molar-refractivity contribution in [1.29, 1.82) is 0 Å². The second-order valence-electron chi connectivity index (χ2n) is 6.06. The molecule has 0 aliphatic carbocycles. The molecule has 25 heavy (non-hydrogen) atoms. The fourth-order valence-corrected chi connectivity index (χ4v) is 3.10. The van der Waals surface area contributed by atoms with Crippen LogP contribution in [0.1, 0.15) is 37.5 Å². The van der Waals surface area contributed by atoms with E-state index in [1.54, 1.807) is 12.1 Å². The Morgan fingerprint density at radius 1 is 1.44 bits per heavy atom. The minimum atomic E-state index is -0.484. The lowest BCUT2D eigenvalue weighted by atomic mass is 9.96. The number of carbonyl (C=O) groups is 1. The SMILES string of the molecule is C=CCCC(=O)N1CCC(c2nc(-c3ccc(Cl)cc3F)no2)CC1. The number of carbonyl (C=O) groups excluding carboxylic acids is 1. The van der Waals surface area contributed by atoms with Crippen LogP contribution in [0.5, 0.6) is 0 Å². The third kappa shape index (κ3) is 4.07. The fraction of sp³-hybridized carbons (Fsp3) is 0.389. The molecule has 1 amide bonds. The van der Waals surface area contributed by atoms with Crippen LogP contribution in [-0.2, 0) is 4.79 Å². The van der Waals surface area contributed by atoms with Crippen LogP contribution in [0.15, 0.2) is 35.4 Å². The smallest absolute Gasteiger partial charge is 0.230 e. The Morgan fingerprint density at radius 2 is 2.20 bits per heavy atom. The third-order valence-corrected chi connectivity index (χ3v) is 4.61. The molecule has 1 aromatic heterocycles. The van der Waals surface area contributed by atoms with E-state index in [1.165, 1.54) is 12.1 Å². The second-order valence-corrected chi connectivity index (χ2v) is 6.50.